The van der Waals surface area contributed by atoms with E-state index < -0.39 is 0 Å². The molecule has 3 atom stereocenters. The van der Waals surface area contributed by atoms with Gasteiger partial charge in [0.1, 0.15) is 0 Å². The third kappa shape index (κ3) is 5.23. The normalized spacial score (nSPS) is 20.8. The van der Waals surface area contributed by atoms with Crippen LogP contribution in [0.15, 0.2) is 182 Å². The van der Waals surface area contributed by atoms with E-state index in [2.05, 4.69) is 188 Å². The van der Waals surface area contributed by atoms with Gasteiger partial charge in [-0.25, -0.2) is 0 Å². The number of aryl methyl sites for hydroxylation is 1. The fraction of sp³-hybridized carbons (Fsp3) is 0.156. The second kappa shape index (κ2) is 14.2. The van der Waals surface area contributed by atoms with Crippen LogP contribution in [0.25, 0.3) is 66.6 Å². The van der Waals surface area contributed by atoms with E-state index in [0.29, 0.717) is 5.92 Å². The Morgan fingerprint density at radius 2 is 1.30 bits per heavy atom. The van der Waals surface area contributed by atoms with Crippen LogP contribution in [0.2, 0.25) is 0 Å². The lowest BCUT2D eigenvalue weighted by molar-refractivity contribution is 0.734. The Hall–Kier alpha value is -7.02. The van der Waals surface area contributed by atoms with Gasteiger partial charge in [-0.1, -0.05) is 176 Å². The van der Waals surface area contributed by atoms with Crippen LogP contribution < -0.4 is 0 Å². The van der Waals surface area contributed by atoms with Gasteiger partial charge in [-0.15, -0.1) is 0 Å². The van der Waals surface area contributed by atoms with Crippen molar-refractivity contribution in [3.8, 4) is 11.1 Å². The van der Waals surface area contributed by atoms with Gasteiger partial charge in [-0.2, -0.15) is 0 Å². The lowest BCUT2D eigenvalue weighted by Crippen LogP contribution is -2.22. The summed E-state index contributed by atoms with van der Waals surface area (Å²) in [6.45, 7) is 0. The van der Waals surface area contributed by atoms with Crippen LogP contribution in [0, 0.1) is 0 Å². The minimum Gasteiger partial charge on any atom is -0.0842 e. The summed E-state index contributed by atoms with van der Waals surface area (Å²) in [4.78, 5) is 0. The summed E-state index contributed by atoms with van der Waals surface area (Å²) in [5.74, 6) is 0.537. The maximum absolute atomic E-state index is 2.69. The molecule has 0 heterocycles. The van der Waals surface area contributed by atoms with Crippen molar-refractivity contribution in [2.75, 3.05) is 0 Å². The van der Waals surface area contributed by atoms with E-state index in [0.717, 1.165) is 44.9 Å². The summed E-state index contributed by atoms with van der Waals surface area (Å²) in [5, 5.41) is 5.78. The highest BCUT2D eigenvalue weighted by molar-refractivity contribution is 6.22. The Morgan fingerprint density at radius 1 is 0.484 bits per heavy atom. The van der Waals surface area contributed by atoms with Gasteiger partial charge in [0, 0.05) is 17.8 Å². The Kier molecular flexibility index (Phi) is 8.12. The molecule has 0 nitrogen and oxygen atoms in total. The number of rotatable bonds is 5. The summed E-state index contributed by atoms with van der Waals surface area (Å²) in [5.41, 5.74) is 27.2. The van der Waals surface area contributed by atoms with Crippen LogP contribution >= 0.6 is 0 Å². The van der Waals surface area contributed by atoms with Crippen LogP contribution in [0.5, 0.6) is 0 Å². The van der Waals surface area contributed by atoms with Gasteiger partial charge in [0.05, 0.1) is 0 Å². The van der Waals surface area contributed by atoms with Crippen molar-refractivity contribution in [3.05, 3.63) is 249 Å². The zero-order valence-corrected chi connectivity index (χ0v) is 36.1. The topological polar surface area (TPSA) is 0 Å². The Labute approximate surface area is 376 Å². The van der Waals surface area contributed by atoms with Gasteiger partial charge < -0.3 is 0 Å². The van der Waals surface area contributed by atoms with E-state index >= 15 is 0 Å². The Balaban J connectivity index is 1.19. The predicted octanol–water partition coefficient (Wildman–Crippen LogP) is 16.7. The zero-order chi connectivity index (χ0) is 41.9. The number of hydrogen-bond donors (Lipinski definition) is 0. The van der Waals surface area contributed by atoms with Crippen molar-refractivity contribution in [2.45, 2.75) is 62.7 Å². The number of fused-ring (bicyclic) bond motifs is 9. The monoisotopic (exact) mass is 816 g/mol. The third-order valence-corrected chi connectivity index (χ3v) is 15.7. The summed E-state index contributed by atoms with van der Waals surface area (Å²) < 4.78 is 0. The molecule has 7 aliphatic rings. The smallest absolute Gasteiger partial charge is 0.0218 e. The highest BCUT2D eigenvalue weighted by Gasteiger charge is 2.47. The molecule has 0 amide bonds. The van der Waals surface area contributed by atoms with Crippen molar-refractivity contribution in [1.82, 2.24) is 0 Å². The largest absolute Gasteiger partial charge is 0.0842 e. The standard InChI is InChI=1S/C64H48/c1-4-19-39(20-5-1)43-36-53-46-28-11-10-25-42(46)35-55-59(53)56(37-43)63-60(49-31-16-12-26-44(49)40-21-6-2-7-22-40)57-38-54-48-30-15-14-29-47(48)51-33-18-34-52(58(51)54)61(57)62(64(55)63)50-32-17-13-27-45(50)41-23-8-3-9-24-41/h1-8,11-14,16-19,21-23,26-29,31-39,62,64H,9-10,15,20,24-25,30H2. The fourth-order valence-corrected chi connectivity index (χ4v) is 13.1. The predicted molar refractivity (Wildman–Crippen MR) is 271 cm³/mol. The molecular weight excluding hydrogens is 769 g/mol. The lowest BCUT2D eigenvalue weighted by Gasteiger charge is -2.39. The molecule has 0 N–H and O–H groups in total. The van der Waals surface area contributed by atoms with E-state index in [9.17, 15) is 0 Å². The van der Waals surface area contributed by atoms with Crippen LogP contribution in [0.1, 0.15) is 123 Å². The fourth-order valence-electron chi connectivity index (χ4n) is 13.1. The molecule has 3 unspecified atom stereocenters. The molecule has 0 radical (unpaired) electrons. The van der Waals surface area contributed by atoms with E-state index in [-0.39, 0.29) is 11.8 Å². The molecule has 0 bridgehead atoms. The van der Waals surface area contributed by atoms with Crippen molar-refractivity contribution in [2.24, 2.45) is 0 Å². The summed E-state index contributed by atoms with van der Waals surface area (Å²) >= 11 is 0. The van der Waals surface area contributed by atoms with Crippen molar-refractivity contribution >= 4 is 55.5 Å². The van der Waals surface area contributed by atoms with Gasteiger partial charge in [0.2, 0.25) is 0 Å². The number of allylic oxidation sites excluding steroid dienone is 14. The number of hydrogen-bond acceptors (Lipinski definition) is 0. The van der Waals surface area contributed by atoms with Gasteiger partial charge in [0.25, 0.3) is 0 Å². The average molecular weight is 817 g/mol. The van der Waals surface area contributed by atoms with E-state index in [1.807, 2.05) is 0 Å². The van der Waals surface area contributed by atoms with Gasteiger partial charge in [0.15, 0.2) is 0 Å². The summed E-state index contributed by atoms with van der Waals surface area (Å²) in [6.07, 6.45) is 33.5. The highest BCUT2D eigenvalue weighted by Crippen LogP contribution is 2.65. The summed E-state index contributed by atoms with van der Waals surface area (Å²) in [7, 11) is 0. The van der Waals surface area contributed by atoms with Crippen LogP contribution in [0.4, 0.5) is 0 Å². The molecule has 0 heteroatoms. The van der Waals surface area contributed by atoms with Crippen LogP contribution in [-0.4, -0.2) is 0 Å². The minimum absolute atomic E-state index is 0.0897. The molecule has 7 aromatic rings. The van der Waals surface area contributed by atoms with Gasteiger partial charge in [-0.3, -0.25) is 0 Å². The third-order valence-electron chi connectivity index (χ3n) is 15.7. The van der Waals surface area contributed by atoms with Gasteiger partial charge in [-0.05, 0) is 184 Å². The molecule has 14 rings (SSSR count). The second-order valence-electron chi connectivity index (χ2n) is 19.0. The van der Waals surface area contributed by atoms with Crippen molar-refractivity contribution < 1.29 is 0 Å². The van der Waals surface area contributed by atoms with Crippen LogP contribution in [0.3, 0.4) is 0 Å². The number of benzene rings is 7. The molecular formula is C64H48. The maximum Gasteiger partial charge on any atom is 0.0218 e. The maximum atomic E-state index is 2.69. The first-order valence-corrected chi connectivity index (χ1v) is 23.8. The first-order valence-electron chi connectivity index (χ1n) is 23.8. The van der Waals surface area contributed by atoms with E-state index in [1.165, 1.54) is 127 Å². The first kappa shape index (κ1) is 36.5. The molecule has 304 valence electrons. The molecule has 7 aromatic carbocycles. The average Bonchev–Trinajstić information content (AvgIpc) is 3.87. The van der Waals surface area contributed by atoms with Crippen LogP contribution in [-0.2, 0) is 6.42 Å². The Bertz CT molecular complexity index is 3460. The van der Waals surface area contributed by atoms with Gasteiger partial charge >= 0.3 is 0 Å². The summed E-state index contributed by atoms with van der Waals surface area (Å²) in [6, 6.07) is 47.9. The highest BCUT2D eigenvalue weighted by atomic mass is 14.5. The second-order valence-corrected chi connectivity index (χ2v) is 19.0. The zero-order valence-electron chi connectivity index (χ0n) is 36.1. The molecule has 0 aromatic heterocycles. The quantitative estimate of drug-likeness (QED) is 0.162. The minimum atomic E-state index is 0.0897. The lowest BCUT2D eigenvalue weighted by atomic mass is 9.63. The first-order chi connectivity index (χ1) is 31.8. The van der Waals surface area contributed by atoms with Crippen molar-refractivity contribution in [3.63, 3.8) is 0 Å². The van der Waals surface area contributed by atoms with Crippen molar-refractivity contribution in [1.29, 1.82) is 0 Å². The van der Waals surface area contributed by atoms with E-state index in [1.54, 1.807) is 0 Å². The molecule has 0 saturated heterocycles. The molecule has 0 saturated carbocycles. The molecule has 0 aliphatic heterocycles. The van der Waals surface area contributed by atoms with E-state index in [4.69, 9.17) is 0 Å². The molecule has 0 spiro atoms. The SMILES string of the molecule is C1=CCCC(c2ccccc2C2c3c(cc4c5c(cccc35)C3=C4CCC=C3)C(c3ccccc3-c3ccccc3)=C3c4cc(C5C=CC=CC5)cc5c6c(cc(c45)C32)CCC=C6)=C1. The molecule has 7 aliphatic carbocycles. The molecule has 0 fully saturated rings. The Morgan fingerprint density at radius 3 is 2.17 bits per heavy atom. The molecule has 64 heavy (non-hydrogen) atoms.